The van der Waals surface area contributed by atoms with Crippen LogP contribution < -0.4 is 27.1 Å². The van der Waals surface area contributed by atoms with Gasteiger partial charge in [0.1, 0.15) is 0 Å². The number of rotatable bonds is 7. The number of hydrogen-bond acceptors (Lipinski definition) is 9. The van der Waals surface area contributed by atoms with Crippen molar-refractivity contribution in [1.82, 2.24) is 15.0 Å². The van der Waals surface area contributed by atoms with Crippen LogP contribution >= 0.6 is 7.60 Å². The van der Waals surface area contributed by atoms with Crippen molar-refractivity contribution in [3.8, 4) is 0 Å². The van der Waals surface area contributed by atoms with E-state index in [1.165, 1.54) is 6.34 Å². The molecule has 0 spiro atoms. The van der Waals surface area contributed by atoms with E-state index < -0.39 is 13.2 Å². The number of fused-ring (bicyclic) bond motifs is 1. The predicted molar refractivity (Wildman–Crippen MR) is 79.6 cm³/mol. The fourth-order valence-corrected chi connectivity index (χ4v) is 2.82. The largest absolute Gasteiger partial charge is 0.396 e. The van der Waals surface area contributed by atoms with Gasteiger partial charge in [0.15, 0.2) is 0 Å². The molecule has 1 aliphatic rings. The van der Waals surface area contributed by atoms with Crippen LogP contribution in [0.25, 0.3) is 0 Å². The molecule has 2 unspecified atom stereocenters. The average Bonchev–Trinajstić information content (AvgIpc) is 2.86. The van der Waals surface area contributed by atoms with Crippen LogP contribution in [0.15, 0.2) is 4.79 Å². The Balaban J connectivity index is 2.07. The molecule has 1 radical (unpaired) electrons. The topological polar surface area (TPSA) is 182 Å². The van der Waals surface area contributed by atoms with Crippen LogP contribution in [0.3, 0.4) is 0 Å². The molecule has 1 aromatic heterocycles. The summed E-state index contributed by atoms with van der Waals surface area (Å²) in [6.45, 7) is 0.0103. The molecule has 0 aliphatic carbocycles. The van der Waals surface area contributed by atoms with Crippen LogP contribution in [-0.4, -0.2) is 45.6 Å². The van der Waals surface area contributed by atoms with Crippen molar-refractivity contribution in [2.75, 3.05) is 29.9 Å². The van der Waals surface area contributed by atoms with Crippen LogP contribution in [0.5, 0.6) is 0 Å². The van der Waals surface area contributed by atoms with E-state index in [0.29, 0.717) is 0 Å². The van der Waals surface area contributed by atoms with E-state index in [0.717, 1.165) is 0 Å². The summed E-state index contributed by atoms with van der Waals surface area (Å²) in [7, 11) is -3.84. The molecule has 1 aromatic rings. The smallest absolute Gasteiger partial charge is 0.344 e. The molecule has 2 heterocycles. The van der Waals surface area contributed by atoms with Gasteiger partial charge in [-0.15, -0.1) is 0 Å². The Morgan fingerprint density at radius 2 is 2.32 bits per heavy atom. The number of hydrogen-bond donors (Lipinski definition) is 5. The number of nitrogen functional groups attached to an aromatic ring is 1. The first-order valence-corrected chi connectivity index (χ1v) is 8.14. The lowest BCUT2D eigenvalue weighted by atomic mass is 10.1. The summed E-state index contributed by atoms with van der Waals surface area (Å²) in [5, 5.41) is 9.39. The minimum absolute atomic E-state index is 0.0452. The van der Waals surface area contributed by atoms with Crippen LogP contribution in [0, 0.1) is 5.92 Å². The van der Waals surface area contributed by atoms with Crippen molar-refractivity contribution in [3.63, 3.8) is 0 Å². The molecule has 2 atom stereocenters. The number of nitrogens with one attached hydrogen (secondary N) is 1. The summed E-state index contributed by atoms with van der Waals surface area (Å²) < 4.78 is 15.3. The van der Waals surface area contributed by atoms with Crippen molar-refractivity contribution in [3.05, 3.63) is 10.4 Å². The van der Waals surface area contributed by atoms with E-state index in [1.807, 2.05) is 0 Å². The SMILES string of the molecule is NOP(=O)(O)CCC(CO)CN1C=[N+]c2c1nc(N)[nH]c2=O. The molecule has 2 rings (SSSR count). The van der Waals surface area contributed by atoms with Gasteiger partial charge in [0.25, 0.3) is 12.2 Å². The highest BCUT2D eigenvalue weighted by molar-refractivity contribution is 7.52. The van der Waals surface area contributed by atoms with Crippen LogP contribution in [0.4, 0.5) is 17.5 Å². The number of nitrogens with two attached hydrogens (primary N) is 2. The van der Waals surface area contributed by atoms with Gasteiger partial charge in [-0.2, -0.15) is 4.98 Å². The highest BCUT2D eigenvalue weighted by Crippen LogP contribution is 2.41. The lowest BCUT2D eigenvalue weighted by Gasteiger charge is -2.17. The molecule has 0 bridgehead atoms. The van der Waals surface area contributed by atoms with Gasteiger partial charge in [-0.25, -0.2) is 15.4 Å². The van der Waals surface area contributed by atoms with Crippen molar-refractivity contribution < 1.29 is 19.2 Å². The zero-order valence-electron chi connectivity index (χ0n) is 11.5. The molecular formula is C10H17N6O5P+. The van der Waals surface area contributed by atoms with E-state index in [9.17, 15) is 19.4 Å². The Bertz CT molecular complexity index is 676. The van der Waals surface area contributed by atoms with Crippen LogP contribution in [0.2, 0.25) is 0 Å². The first kappa shape index (κ1) is 16.6. The second kappa shape index (κ2) is 6.55. The van der Waals surface area contributed by atoms with Gasteiger partial charge < -0.3 is 15.7 Å². The maximum atomic E-state index is 11.7. The zero-order chi connectivity index (χ0) is 16.3. The average molecular weight is 332 g/mol. The quantitative estimate of drug-likeness (QED) is 0.285. The third-order valence-electron chi connectivity index (χ3n) is 3.19. The second-order valence-corrected chi connectivity index (χ2v) is 6.76. The number of aliphatic hydroxyl groups is 1. The summed E-state index contributed by atoms with van der Waals surface area (Å²) in [5.74, 6) is 4.59. The molecule has 7 N–H and O–H groups in total. The van der Waals surface area contributed by atoms with Crippen LogP contribution in [0.1, 0.15) is 6.42 Å². The van der Waals surface area contributed by atoms with E-state index in [4.69, 9.17) is 11.6 Å². The van der Waals surface area contributed by atoms with E-state index in [2.05, 4.69) is 19.6 Å². The number of H-pyrrole nitrogens is 1. The molecule has 22 heavy (non-hydrogen) atoms. The standard InChI is InChI=1S/C10H17N6O5P/c11-10-14-8-7(9(18)15-10)13-5-16(8)3-6(4-17)1-2-22(19,20)21-12/h5-6,17H,1-4,12H2,(H,19,20)(H3,11,14,15,18)/q+1. The summed E-state index contributed by atoms with van der Waals surface area (Å²) >= 11 is 0. The fraction of sp³-hybridized carbons (Fsp3) is 0.500. The predicted octanol–water partition coefficient (Wildman–Crippen LogP) is -1.76. The van der Waals surface area contributed by atoms with Crippen molar-refractivity contribution >= 4 is 31.4 Å². The number of aromatic amines is 1. The van der Waals surface area contributed by atoms with Crippen LogP contribution in [-0.2, 0) is 9.19 Å². The number of nitrogens with zero attached hydrogens (tertiary/aromatic N) is 3. The Morgan fingerprint density at radius 1 is 1.59 bits per heavy atom. The molecule has 12 heteroatoms. The highest BCUT2D eigenvalue weighted by atomic mass is 31.2. The van der Waals surface area contributed by atoms with E-state index in [1.54, 1.807) is 4.90 Å². The minimum atomic E-state index is -3.84. The van der Waals surface area contributed by atoms with Gasteiger partial charge >= 0.3 is 18.8 Å². The first-order valence-electron chi connectivity index (χ1n) is 6.38. The number of anilines is 2. The molecule has 121 valence electrons. The third kappa shape index (κ3) is 3.70. The highest BCUT2D eigenvalue weighted by Gasteiger charge is 2.33. The van der Waals surface area contributed by atoms with Gasteiger partial charge in [0, 0.05) is 12.5 Å². The summed E-state index contributed by atoms with van der Waals surface area (Å²) in [4.78, 5) is 32.8. The number of aliphatic imine (C=N–C) groups is 1. The molecule has 11 nitrogen and oxygen atoms in total. The Hall–Kier alpha value is -1.78. The van der Waals surface area contributed by atoms with Gasteiger partial charge in [-0.3, -0.25) is 14.3 Å². The molecule has 0 fully saturated rings. The first-order chi connectivity index (χ1) is 10.4. The third-order valence-corrected chi connectivity index (χ3v) is 4.34. The summed E-state index contributed by atoms with van der Waals surface area (Å²) in [6, 6.07) is 0. The maximum absolute atomic E-state index is 11.7. The normalized spacial score (nSPS) is 17.3. The van der Waals surface area contributed by atoms with Gasteiger partial charge in [-0.05, 0) is 11.4 Å². The molecule has 0 saturated carbocycles. The monoisotopic (exact) mass is 332 g/mol. The Morgan fingerprint density at radius 3 is 2.95 bits per heavy atom. The van der Waals surface area contributed by atoms with Gasteiger partial charge in [0.2, 0.25) is 5.95 Å². The summed E-state index contributed by atoms with van der Waals surface area (Å²) in [5.41, 5.74) is 5.16. The van der Waals surface area contributed by atoms with E-state index in [-0.39, 0.29) is 49.1 Å². The maximum Gasteiger partial charge on any atom is 0.344 e. The molecule has 0 saturated heterocycles. The molecule has 1 aliphatic heterocycles. The zero-order valence-corrected chi connectivity index (χ0v) is 12.4. The number of aromatic nitrogens is 2. The number of aliphatic hydroxyl groups excluding tert-OH is 1. The summed E-state index contributed by atoms with van der Waals surface area (Å²) in [6.07, 6.45) is 1.39. The fourth-order valence-electron chi connectivity index (χ4n) is 2.02. The van der Waals surface area contributed by atoms with Gasteiger partial charge in [-0.1, -0.05) is 0 Å². The molecule has 0 amide bonds. The Kier molecular flexibility index (Phi) is 4.94. The Labute approximate surface area is 125 Å². The van der Waals surface area contributed by atoms with E-state index >= 15 is 0 Å². The molecular weight excluding hydrogens is 315 g/mol. The van der Waals surface area contributed by atoms with Gasteiger partial charge in [0.05, 0.1) is 12.7 Å². The van der Waals surface area contributed by atoms with Crippen molar-refractivity contribution in [1.29, 1.82) is 0 Å². The second-order valence-electron chi connectivity index (χ2n) is 4.82. The van der Waals surface area contributed by atoms with Crippen molar-refractivity contribution in [2.24, 2.45) is 11.8 Å². The minimum Gasteiger partial charge on any atom is -0.396 e. The van der Waals surface area contributed by atoms with Crippen molar-refractivity contribution in [2.45, 2.75) is 6.42 Å². The lowest BCUT2D eigenvalue weighted by molar-refractivity contribution is 0.221. The molecule has 0 aromatic carbocycles. The lowest BCUT2D eigenvalue weighted by Crippen LogP contribution is -2.30.